The van der Waals surface area contributed by atoms with Crippen LogP contribution in [0.25, 0.3) is 11.0 Å². The minimum Gasteiger partial charge on any atom is -0.353 e. The molecule has 0 radical (unpaired) electrons. The molecule has 0 spiro atoms. The molecule has 0 unspecified atom stereocenters. The molecule has 0 aliphatic heterocycles. The number of amides is 1. The fraction of sp³-hybridized carbons (Fsp3) is 0.500. The Bertz CT molecular complexity index is 650. The largest absolute Gasteiger partial charge is 0.353 e. The van der Waals surface area contributed by atoms with Crippen LogP contribution in [0.5, 0.6) is 0 Å². The number of halogens is 1. The number of imidazole rings is 1. The maximum atomic E-state index is 12.1. The Morgan fingerprint density at radius 1 is 1.32 bits per heavy atom. The van der Waals surface area contributed by atoms with Crippen LogP contribution in [0.1, 0.15) is 38.5 Å². The summed E-state index contributed by atoms with van der Waals surface area (Å²) in [5, 5.41) is 4.59. The molecule has 1 heterocycles. The molecule has 0 atom stereocenters. The standard InChI is InChI=1S/C16H20ClN3OS/c17-11-7-8-13-14(9-11)20-16(19-13)22-10-15(21)18-12-5-3-1-2-4-6-12/h7-9,12H,1-6,10H2,(H,18,21)(H,19,20). The molecule has 1 aliphatic carbocycles. The lowest BCUT2D eigenvalue weighted by atomic mass is 10.1. The lowest BCUT2D eigenvalue weighted by Crippen LogP contribution is -2.35. The van der Waals surface area contributed by atoms with Crippen molar-refractivity contribution in [3.8, 4) is 0 Å². The molecule has 0 bridgehead atoms. The number of nitrogens with zero attached hydrogens (tertiary/aromatic N) is 1. The van der Waals surface area contributed by atoms with Crippen LogP contribution in [0.15, 0.2) is 23.4 Å². The first-order chi connectivity index (χ1) is 10.7. The first-order valence-electron chi connectivity index (χ1n) is 7.78. The smallest absolute Gasteiger partial charge is 0.230 e. The summed E-state index contributed by atoms with van der Waals surface area (Å²) in [5.41, 5.74) is 1.77. The van der Waals surface area contributed by atoms with Crippen molar-refractivity contribution >= 4 is 40.3 Å². The van der Waals surface area contributed by atoms with Crippen LogP contribution in [0, 0.1) is 0 Å². The van der Waals surface area contributed by atoms with Gasteiger partial charge in [0.1, 0.15) is 0 Å². The number of carbonyl (C=O) groups excluding carboxylic acids is 1. The van der Waals surface area contributed by atoms with Gasteiger partial charge in [-0.25, -0.2) is 4.98 Å². The van der Waals surface area contributed by atoms with E-state index in [1.54, 1.807) is 0 Å². The van der Waals surface area contributed by atoms with Crippen molar-refractivity contribution in [2.75, 3.05) is 5.75 Å². The van der Waals surface area contributed by atoms with Crippen LogP contribution in [-0.2, 0) is 4.79 Å². The molecular formula is C16H20ClN3OS. The van der Waals surface area contributed by atoms with E-state index in [0.29, 0.717) is 16.8 Å². The Balaban J connectivity index is 1.53. The third-order valence-corrected chi connectivity index (χ3v) is 5.09. The SMILES string of the molecule is O=C(CSc1nc2ccc(Cl)cc2[nH]1)NC1CCCCCC1. The van der Waals surface area contributed by atoms with Crippen molar-refractivity contribution in [2.45, 2.75) is 49.7 Å². The van der Waals surface area contributed by atoms with E-state index in [0.717, 1.165) is 29.0 Å². The number of rotatable bonds is 4. The van der Waals surface area contributed by atoms with Gasteiger partial charge in [-0.2, -0.15) is 0 Å². The van der Waals surface area contributed by atoms with E-state index in [1.807, 2.05) is 18.2 Å². The summed E-state index contributed by atoms with van der Waals surface area (Å²) < 4.78 is 0. The summed E-state index contributed by atoms with van der Waals surface area (Å²) >= 11 is 7.39. The van der Waals surface area contributed by atoms with Gasteiger partial charge < -0.3 is 10.3 Å². The Morgan fingerprint density at radius 3 is 2.86 bits per heavy atom. The Labute approximate surface area is 139 Å². The van der Waals surface area contributed by atoms with Crippen molar-refractivity contribution in [1.82, 2.24) is 15.3 Å². The maximum Gasteiger partial charge on any atom is 0.230 e. The van der Waals surface area contributed by atoms with Gasteiger partial charge in [0.2, 0.25) is 5.91 Å². The van der Waals surface area contributed by atoms with Crippen molar-refractivity contribution < 1.29 is 4.79 Å². The molecule has 2 N–H and O–H groups in total. The predicted molar refractivity (Wildman–Crippen MR) is 91.5 cm³/mol. The average Bonchev–Trinajstić information content (AvgIpc) is 2.72. The average molecular weight is 338 g/mol. The number of hydrogen-bond donors (Lipinski definition) is 2. The van der Waals surface area contributed by atoms with Crippen LogP contribution in [0.3, 0.4) is 0 Å². The van der Waals surface area contributed by atoms with Gasteiger partial charge in [0.05, 0.1) is 16.8 Å². The van der Waals surface area contributed by atoms with Gasteiger partial charge in [-0.15, -0.1) is 0 Å². The van der Waals surface area contributed by atoms with E-state index < -0.39 is 0 Å². The van der Waals surface area contributed by atoms with Gasteiger partial charge in [0.15, 0.2) is 5.16 Å². The van der Waals surface area contributed by atoms with E-state index in [-0.39, 0.29) is 5.91 Å². The molecule has 4 nitrogen and oxygen atoms in total. The Morgan fingerprint density at radius 2 is 2.09 bits per heavy atom. The lowest BCUT2D eigenvalue weighted by molar-refractivity contribution is -0.119. The van der Waals surface area contributed by atoms with Crippen molar-refractivity contribution in [1.29, 1.82) is 0 Å². The quantitative estimate of drug-likeness (QED) is 0.651. The zero-order valence-corrected chi connectivity index (χ0v) is 14.0. The number of hydrogen-bond acceptors (Lipinski definition) is 3. The Hall–Kier alpha value is -1.20. The van der Waals surface area contributed by atoms with Gasteiger partial charge in [0.25, 0.3) is 0 Å². The molecule has 2 aromatic rings. The van der Waals surface area contributed by atoms with E-state index >= 15 is 0 Å². The van der Waals surface area contributed by atoms with Gasteiger partial charge in [-0.1, -0.05) is 49.0 Å². The van der Waals surface area contributed by atoms with Crippen molar-refractivity contribution in [3.63, 3.8) is 0 Å². The van der Waals surface area contributed by atoms with Crippen LogP contribution in [0.4, 0.5) is 0 Å². The van der Waals surface area contributed by atoms with Gasteiger partial charge >= 0.3 is 0 Å². The fourth-order valence-electron chi connectivity index (χ4n) is 2.85. The van der Waals surface area contributed by atoms with Crippen LogP contribution in [-0.4, -0.2) is 27.7 Å². The molecular weight excluding hydrogens is 318 g/mol. The molecule has 118 valence electrons. The monoisotopic (exact) mass is 337 g/mol. The summed E-state index contributed by atoms with van der Waals surface area (Å²) in [6.45, 7) is 0. The normalized spacial score (nSPS) is 16.6. The first kappa shape index (κ1) is 15.7. The highest BCUT2D eigenvalue weighted by Crippen LogP contribution is 2.22. The summed E-state index contributed by atoms with van der Waals surface area (Å²) in [5.74, 6) is 0.486. The number of benzene rings is 1. The molecule has 1 fully saturated rings. The second kappa shape index (κ2) is 7.38. The van der Waals surface area contributed by atoms with Gasteiger partial charge in [-0.3, -0.25) is 4.79 Å². The minimum atomic E-state index is 0.0930. The zero-order valence-electron chi connectivity index (χ0n) is 12.4. The number of aromatic amines is 1. The summed E-state index contributed by atoms with van der Waals surface area (Å²) in [6.07, 6.45) is 7.26. The second-order valence-electron chi connectivity index (χ2n) is 5.75. The maximum absolute atomic E-state index is 12.1. The lowest BCUT2D eigenvalue weighted by Gasteiger charge is -2.15. The predicted octanol–water partition coefficient (Wildman–Crippen LogP) is 4.15. The molecule has 22 heavy (non-hydrogen) atoms. The number of H-pyrrole nitrogens is 1. The van der Waals surface area contributed by atoms with Gasteiger partial charge in [-0.05, 0) is 31.0 Å². The third kappa shape index (κ3) is 4.17. The second-order valence-corrected chi connectivity index (χ2v) is 7.15. The third-order valence-electron chi connectivity index (χ3n) is 3.98. The molecule has 1 aliphatic rings. The summed E-state index contributed by atoms with van der Waals surface area (Å²) in [7, 11) is 0. The summed E-state index contributed by atoms with van der Waals surface area (Å²) in [4.78, 5) is 19.7. The highest BCUT2D eigenvalue weighted by atomic mass is 35.5. The minimum absolute atomic E-state index is 0.0930. The molecule has 3 rings (SSSR count). The fourth-order valence-corrected chi connectivity index (χ4v) is 3.72. The number of carbonyl (C=O) groups is 1. The van der Waals surface area contributed by atoms with Crippen molar-refractivity contribution in [3.05, 3.63) is 23.2 Å². The number of aromatic nitrogens is 2. The van der Waals surface area contributed by atoms with Gasteiger partial charge in [0, 0.05) is 11.1 Å². The molecule has 1 aromatic carbocycles. The first-order valence-corrected chi connectivity index (χ1v) is 9.14. The van der Waals surface area contributed by atoms with Crippen molar-refractivity contribution in [2.24, 2.45) is 0 Å². The number of thioether (sulfide) groups is 1. The molecule has 6 heteroatoms. The molecule has 1 saturated carbocycles. The summed E-state index contributed by atoms with van der Waals surface area (Å²) in [6, 6.07) is 5.89. The van der Waals surface area contributed by atoms with E-state index in [1.165, 1.54) is 37.4 Å². The number of fused-ring (bicyclic) bond motifs is 1. The topological polar surface area (TPSA) is 57.8 Å². The zero-order chi connectivity index (χ0) is 15.4. The number of nitrogens with one attached hydrogen (secondary N) is 2. The van der Waals surface area contributed by atoms with E-state index in [9.17, 15) is 4.79 Å². The van der Waals surface area contributed by atoms with Crippen LogP contribution in [0.2, 0.25) is 5.02 Å². The van der Waals surface area contributed by atoms with Crippen LogP contribution < -0.4 is 5.32 Å². The molecule has 1 aromatic heterocycles. The van der Waals surface area contributed by atoms with E-state index in [4.69, 9.17) is 11.6 Å². The highest BCUT2D eigenvalue weighted by Gasteiger charge is 2.15. The van der Waals surface area contributed by atoms with E-state index in [2.05, 4.69) is 15.3 Å². The molecule has 1 amide bonds. The Kier molecular flexibility index (Phi) is 5.26. The van der Waals surface area contributed by atoms with Crippen LogP contribution >= 0.6 is 23.4 Å². The highest BCUT2D eigenvalue weighted by molar-refractivity contribution is 7.99. The molecule has 0 saturated heterocycles.